The maximum absolute atomic E-state index is 9.49. The van der Waals surface area contributed by atoms with Crippen LogP contribution in [0, 0.1) is 3.57 Å². The van der Waals surface area contributed by atoms with Gasteiger partial charge in [0.1, 0.15) is 0 Å². The Morgan fingerprint density at radius 1 is 1.58 bits per heavy atom. The fourth-order valence-electron chi connectivity index (χ4n) is 0.868. The lowest BCUT2D eigenvalue weighted by Crippen LogP contribution is -1.95. The quantitative estimate of drug-likeness (QED) is 0.648. The summed E-state index contributed by atoms with van der Waals surface area (Å²) in [6.45, 7) is 3.54. The van der Waals surface area contributed by atoms with E-state index in [9.17, 15) is 5.11 Å². The van der Waals surface area contributed by atoms with Gasteiger partial charge in [0.15, 0.2) is 0 Å². The average Bonchev–Trinajstić information content (AvgIpc) is 2.08. The van der Waals surface area contributed by atoms with Crippen LogP contribution in [-0.2, 0) is 0 Å². The average molecular weight is 339 g/mol. The molecule has 0 amide bonds. The fraction of sp³-hybridized carbons (Fsp3) is 0.111. The maximum Gasteiger partial charge on any atom is 0.0979 e. The van der Waals surface area contributed by atoms with Gasteiger partial charge in [-0.05, 0) is 46.4 Å². The van der Waals surface area contributed by atoms with E-state index in [-0.39, 0.29) is 0 Å². The van der Waals surface area contributed by atoms with Crippen molar-refractivity contribution in [1.29, 1.82) is 0 Å². The molecule has 64 valence electrons. The molecule has 0 bridgehead atoms. The van der Waals surface area contributed by atoms with Gasteiger partial charge in [0, 0.05) is 8.04 Å². The van der Waals surface area contributed by atoms with Crippen molar-refractivity contribution >= 4 is 38.5 Å². The zero-order valence-corrected chi connectivity index (χ0v) is 10.0. The number of hydrogen-bond donors (Lipinski definition) is 1. The number of rotatable bonds is 2. The second-order valence-corrected chi connectivity index (χ2v) is 4.42. The minimum atomic E-state index is -0.575. The molecule has 0 heterocycles. The molecule has 1 nitrogen and oxygen atoms in total. The van der Waals surface area contributed by atoms with E-state index < -0.39 is 6.10 Å². The van der Waals surface area contributed by atoms with Gasteiger partial charge < -0.3 is 5.11 Å². The first-order valence-electron chi connectivity index (χ1n) is 3.40. The Kier molecular flexibility index (Phi) is 3.74. The van der Waals surface area contributed by atoms with E-state index in [1.807, 2.05) is 18.2 Å². The first-order chi connectivity index (χ1) is 5.65. The van der Waals surface area contributed by atoms with E-state index in [2.05, 4.69) is 45.1 Å². The van der Waals surface area contributed by atoms with Crippen LogP contribution in [0.3, 0.4) is 0 Å². The molecule has 1 aromatic rings. The highest BCUT2D eigenvalue weighted by Crippen LogP contribution is 2.24. The summed E-state index contributed by atoms with van der Waals surface area (Å²) in [7, 11) is 0. The molecule has 0 aliphatic rings. The molecule has 0 aromatic heterocycles. The molecule has 12 heavy (non-hydrogen) atoms. The Balaban J connectivity index is 3.12. The Bertz CT molecular complexity index is 299. The summed E-state index contributed by atoms with van der Waals surface area (Å²) in [5.41, 5.74) is 0.889. The highest BCUT2D eigenvalue weighted by atomic mass is 127. The smallest absolute Gasteiger partial charge is 0.0979 e. The van der Waals surface area contributed by atoms with Crippen LogP contribution >= 0.6 is 38.5 Å². The molecule has 1 atom stereocenters. The third-order valence-electron chi connectivity index (χ3n) is 1.50. The lowest BCUT2D eigenvalue weighted by Gasteiger charge is -2.08. The summed E-state index contributed by atoms with van der Waals surface area (Å²) in [5.74, 6) is 0. The normalized spacial score (nSPS) is 12.6. The van der Waals surface area contributed by atoms with Gasteiger partial charge in [0.25, 0.3) is 0 Å². The minimum absolute atomic E-state index is 0.575. The van der Waals surface area contributed by atoms with Crippen molar-refractivity contribution in [2.24, 2.45) is 0 Å². The predicted molar refractivity (Wildman–Crippen MR) is 62.0 cm³/mol. The molecule has 0 saturated carbocycles. The molecule has 1 aromatic carbocycles. The molecular formula is C9H8BrIO. The van der Waals surface area contributed by atoms with Crippen LogP contribution in [0.1, 0.15) is 11.7 Å². The van der Waals surface area contributed by atoms with Gasteiger partial charge in [-0.2, -0.15) is 0 Å². The number of aliphatic hydroxyl groups is 1. The van der Waals surface area contributed by atoms with Gasteiger partial charge >= 0.3 is 0 Å². The zero-order chi connectivity index (χ0) is 9.14. The fourth-order valence-corrected chi connectivity index (χ4v) is 1.90. The molecule has 1 unspecified atom stereocenters. The molecule has 0 fully saturated rings. The molecular weight excluding hydrogens is 331 g/mol. The van der Waals surface area contributed by atoms with Crippen molar-refractivity contribution < 1.29 is 5.11 Å². The molecule has 0 aliphatic heterocycles. The Morgan fingerprint density at radius 2 is 2.25 bits per heavy atom. The monoisotopic (exact) mass is 338 g/mol. The predicted octanol–water partition coefficient (Wildman–Crippen LogP) is 3.27. The van der Waals surface area contributed by atoms with Crippen LogP contribution in [0.5, 0.6) is 0 Å². The van der Waals surface area contributed by atoms with Crippen molar-refractivity contribution in [3.8, 4) is 0 Å². The lowest BCUT2D eigenvalue weighted by molar-refractivity contribution is 0.228. The van der Waals surface area contributed by atoms with Crippen molar-refractivity contribution in [3.05, 3.63) is 44.5 Å². The van der Waals surface area contributed by atoms with Gasteiger partial charge in [-0.3, -0.25) is 0 Å². The van der Waals surface area contributed by atoms with Crippen molar-refractivity contribution in [1.82, 2.24) is 0 Å². The molecule has 3 heteroatoms. The molecule has 0 saturated heterocycles. The third kappa shape index (κ3) is 2.31. The molecule has 0 radical (unpaired) electrons. The summed E-state index contributed by atoms with van der Waals surface area (Å²) in [6.07, 6.45) is 0.943. The first kappa shape index (κ1) is 10.2. The number of aliphatic hydroxyl groups excluding tert-OH is 1. The zero-order valence-electron chi connectivity index (χ0n) is 6.30. The second kappa shape index (κ2) is 4.39. The Hall–Kier alpha value is 0.130. The highest BCUT2D eigenvalue weighted by Gasteiger charge is 2.06. The van der Waals surface area contributed by atoms with E-state index in [0.717, 1.165) is 13.6 Å². The molecule has 1 rings (SSSR count). The van der Waals surface area contributed by atoms with Crippen LogP contribution in [0.4, 0.5) is 0 Å². The summed E-state index contributed by atoms with van der Waals surface area (Å²) >= 11 is 5.53. The third-order valence-corrected chi connectivity index (χ3v) is 2.98. The number of benzene rings is 1. The lowest BCUT2D eigenvalue weighted by atomic mass is 10.1. The number of hydrogen-bond acceptors (Lipinski definition) is 1. The molecule has 0 aliphatic carbocycles. The van der Waals surface area contributed by atoms with Crippen molar-refractivity contribution in [2.75, 3.05) is 0 Å². The van der Waals surface area contributed by atoms with Crippen LogP contribution in [0.2, 0.25) is 0 Å². The summed E-state index contributed by atoms with van der Waals surface area (Å²) in [4.78, 5) is 0. The topological polar surface area (TPSA) is 20.2 Å². The summed E-state index contributed by atoms with van der Waals surface area (Å²) in [6, 6.07) is 5.79. The second-order valence-electron chi connectivity index (χ2n) is 2.35. The van der Waals surface area contributed by atoms with E-state index in [1.165, 1.54) is 6.08 Å². The minimum Gasteiger partial charge on any atom is -0.384 e. The van der Waals surface area contributed by atoms with Crippen molar-refractivity contribution in [3.63, 3.8) is 0 Å². The SMILES string of the molecule is C=CC(O)c1cc(Br)ccc1I. The first-order valence-corrected chi connectivity index (χ1v) is 5.28. The van der Waals surface area contributed by atoms with Gasteiger partial charge in [0.05, 0.1) is 6.10 Å². The van der Waals surface area contributed by atoms with Gasteiger partial charge in [0.2, 0.25) is 0 Å². The Morgan fingerprint density at radius 3 is 2.83 bits per heavy atom. The standard InChI is InChI=1S/C9H8BrIO/c1-2-9(12)7-5-6(10)3-4-8(7)11/h2-5,9,12H,1H2. The van der Waals surface area contributed by atoms with Gasteiger partial charge in [-0.1, -0.05) is 22.0 Å². The van der Waals surface area contributed by atoms with E-state index in [1.54, 1.807) is 0 Å². The largest absolute Gasteiger partial charge is 0.384 e. The Labute approximate surface area is 93.8 Å². The van der Waals surface area contributed by atoms with Gasteiger partial charge in [-0.15, -0.1) is 6.58 Å². The van der Waals surface area contributed by atoms with E-state index in [0.29, 0.717) is 0 Å². The summed E-state index contributed by atoms with van der Waals surface area (Å²) in [5, 5.41) is 9.49. The van der Waals surface area contributed by atoms with Gasteiger partial charge in [-0.25, -0.2) is 0 Å². The van der Waals surface area contributed by atoms with Crippen molar-refractivity contribution in [2.45, 2.75) is 6.10 Å². The molecule has 1 N–H and O–H groups in total. The number of halogens is 2. The van der Waals surface area contributed by atoms with Crippen LogP contribution in [-0.4, -0.2) is 5.11 Å². The summed E-state index contributed by atoms with van der Waals surface area (Å²) < 4.78 is 2.02. The van der Waals surface area contributed by atoms with E-state index >= 15 is 0 Å². The van der Waals surface area contributed by atoms with Crippen LogP contribution in [0.25, 0.3) is 0 Å². The van der Waals surface area contributed by atoms with Crippen LogP contribution < -0.4 is 0 Å². The molecule has 0 spiro atoms. The maximum atomic E-state index is 9.49. The van der Waals surface area contributed by atoms with Crippen LogP contribution in [0.15, 0.2) is 35.3 Å². The van der Waals surface area contributed by atoms with E-state index in [4.69, 9.17) is 0 Å². The highest BCUT2D eigenvalue weighted by molar-refractivity contribution is 14.1.